The van der Waals surface area contributed by atoms with Crippen LogP contribution in [0.1, 0.15) is 39.5 Å². The van der Waals surface area contributed by atoms with Gasteiger partial charge in [-0.15, -0.1) is 0 Å². The van der Waals surface area contributed by atoms with E-state index in [2.05, 4.69) is 4.74 Å². The minimum absolute atomic E-state index is 0.0156. The van der Waals surface area contributed by atoms with Gasteiger partial charge in [0.15, 0.2) is 0 Å². The maximum Gasteiger partial charge on any atom is 0.424 e. The number of piperidine rings is 1. The van der Waals surface area contributed by atoms with Crippen LogP contribution in [0.4, 0.5) is 9.18 Å². The van der Waals surface area contributed by atoms with E-state index in [4.69, 9.17) is 4.74 Å². The number of rotatable bonds is 6. The van der Waals surface area contributed by atoms with Crippen LogP contribution >= 0.6 is 0 Å². The van der Waals surface area contributed by atoms with E-state index in [1.807, 2.05) is 6.92 Å². The molecule has 1 aliphatic rings. The highest BCUT2D eigenvalue weighted by atomic mass is 19.1. The molecular weight excluding hydrogens is 279 g/mol. The zero-order chi connectivity index (χ0) is 15.9. The summed E-state index contributed by atoms with van der Waals surface area (Å²) in [6, 6.07) is 0. The van der Waals surface area contributed by atoms with Gasteiger partial charge in [-0.1, -0.05) is 13.3 Å². The number of carbonyl (C=O) groups excluding carboxylic acids is 2. The third-order valence-electron chi connectivity index (χ3n) is 3.63. The second-order valence-electron chi connectivity index (χ2n) is 5.09. The quantitative estimate of drug-likeness (QED) is 0.704. The molecule has 0 aromatic rings. The first-order valence-electron chi connectivity index (χ1n) is 7.45. The van der Waals surface area contributed by atoms with E-state index in [0.717, 1.165) is 12.8 Å². The van der Waals surface area contributed by atoms with Crippen molar-refractivity contribution in [2.24, 2.45) is 0 Å². The lowest BCUT2D eigenvalue weighted by Crippen LogP contribution is -2.55. The summed E-state index contributed by atoms with van der Waals surface area (Å²) >= 11 is 0. The number of unbranched alkanes of at least 4 members (excludes halogenated alkanes) is 1. The predicted octanol–water partition coefficient (Wildman–Crippen LogP) is 2.14. The van der Waals surface area contributed by atoms with E-state index in [-0.39, 0.29) is 25.9 Å². The summed E-state index contributed by atoms with van der Waals surface area (Å²) in [6.07, 6.45) is 1.39. The zero-order valence-corrected chi connectivity index (χ0v) is 13.1. The molecule has 0 unspecified atom stereocenters. The predicted molar refractivity (Wildman–Crippen MR) is 75.3 cm³/mol. The third kappa shape index (κ3) is 4.56. The Morgan fingerprint density at radius 1 is 1.29 bits per heavy atom. The largest absolute Gasteiger partial charge is 0.467 e. The molecule has 0 radical (unpaired) electrons. The molecule has 0 aromatic heterocycles. The Labute approximate surface area is 125 Å². The first-order valence-corrected chi connectivity index (χ1v) is 7.45. The van der Waals surface area contributed by atoms with Crippen LogP contribution in [0.2, 0.25) is 0 Å². The van der Waals surface area contributed by atoms with Crippen molar-refractivity contribution in [2.75, 3.05) is 33.4 Å². The van der Waals surface area contributed by atoms with Crippen LogP contribution in [0, 0.1) is 0 Å². The Bertz CT molecular complexity index is 357. The standard InChI is InChI=1S/C14H25FN2O4/c1-4-6-9-17(13(19)21-5-2)16-10-7-14(15,8-11-16)12(18)20-3/h4-11H2,1-3H3. The first-order chi connectivity index (χ1) is 9.98. The fourth-order valence-corrected chi connectivity index (χ4v) is 2.33. The molecule has 1 saturated heterocycles. The van der Waals surface area contributed by atoms with E-state index < -0.39 is 17.7 Å². The zero-order valence-electron chi connectivity index (χ0n) is 13.1. The number of hydrogen-bond acceptors (Lipinski definition) is 5. The molecule has 1 rings (SSSR count). The number of methoxy groups -OCH3 is 1. The van der Waals surface area contributed by atoms with Crippen molar-refractivity contribution in [3.8, 4) is 0 Å². The smallest absolute Gasteiger partial charge is 0.424 e. The molecule has 0 N–H and O–H groups in total. The van der Waals surface area contributed by atoms with E-state index in [1.165, 1.54) is 12.1 Å². The molecule has 1 aliphatic heterocycles. The van der Waals surface area contributed by atoms with Crippen molar-refractivity contribution in [3.05, 3.63) is 0 Å². The molecule has 0 aliphatic carbocycles. The van der Waals surface area contributed by atoms with Gasteiger partial charge >= 0.3 is 12.1 Å². The highest BCUT2D eigenvalue weighted by Gasteiger charge is 2.44. The Balaban J connectivity index is 2.66. The van der Waals surface area contributed by atoms with Crippen LogP contribution in [0.25, 0.3) is 0 Å². The van der Waals surface area contributed by atoms with Gasteiger partial charge in [-0.25, -0.2) is 24.0 Å². The third-order valence-corrected chi connectivity index (χ3v) is 3.63. The van der Waals surface area contributed by atoms with Gasteiger partial charge in [0.1, 0.15) is 0 Å². The number of halogens is 1. The lowest BCUT2D eigenvalue weighted by atomic mass is 9.94. The number of hydrogen-bond donors (Lipinski definition) is 0. The number of nitrogens with zero attached hydrogens (tertiary/aromatic N) is 2. The van der Waals surface area contributed by atoms with Crippen molar-refractivity contribution in [1.82, 2.24) is 10.0 Å². The minimum Gasteiger partial charge on any atom is -0.467 e. The van der Waals surface area contributed by atoms with Crippen LogP contribution < -0.4 is 0 Å². The molecule has 21 heavy (non-hydrogen) atoms. The van der Waals surface area contributed by atoms with Crippen molar-refractivity contribution < 1.29 is 23.5 Å². The SMILES string of the molecule is CCCCN(C(=O)OCC)N1CCC(F)(C(=O)OC)CC1. The Morgan fingerprint density at radius 3 is 2.38 bits per heavy atom. The topological polar surface area (TPSA) is 59.1 Å². The van der Waals surface area contributed by atoms with Gasteiger partial charge in [0.05, 0.1) is 13.7 Å². The Kier molecular flexibility index (Phi) is 6.87. The van der Waals surface area contributed by atoms with Crippen LogP contribution in [-0.2, 0) is 14.3 Å². The van der Waals surface area contributed by atoms with Crippen LogP contribution in [0.3, 0.4) is 0 Å². The van der Waals surface area contributed by atoms with E-state index >= 15 is 0 Å². The van der Waals surface area contributed by atoms with Gasteiger partial charge in [0.2, 0.25) is 5.67 Å². The molecule has 0 bridgehead atoms. The van der Waals surface area contributed by atoms with Gasteiger partial charge in [0.25, 0.3) is 0 Å². The monoisotopic (exact) mass is 304 g/mol. The molecule has 7 heteroatoms. The molecule has 0 spiro atoms. The number of carbonyl (C=O) groups is 2. The van der Waals surface area contributed by atoms with Crippen molar-refractivity contribution in [2.45, 2.75) is 45.2 Å². The number of esters is 1. The van der Waals surface area contributed by atoms with Gasteiger partial charge < -0.3 is 9.47 Å². The Morgan fingerprint density at radius 2 is 1.90 bits per heavy atom. The highest BCUT2D eigenvalue weighted by molar-refractivity contribution is 5.79. The molecular formula is C14H25FN2O4. The lowest BCUT2D eigenvalue weighted by Gasteiger charge is -2.40. The summed E-state index contributed by atoms with van der Waals surface area (Å²) in [4.78, 5) is 23.4. The first kappa shape index (κ1) is 17.7. The summed E-state index contributed by atoms with van der Waals surface area (Å²) < 4.78 is 23.9. The second kappa shape index (κ2) is 8.17. The van der Waals surface area contributed by atoms with Crippen molar-refractivity contribution in [1.29, 1.82) is 0 Å². The van der Waals surface area contributed by atoms with Gasteiger partial charge in [-0.2, -0.15) is 0 Å². The van der Waals surface area contributed by atoms with E-state index in [0.29, 0.717) is 13.2 Å². The van der Waals surface area contributed by atoms with Gasteiger partial charge in [-0.3, -0.25) is 0 Å². The maximum atomic E-state index is 14.4. The van der Waals surface area contributed by atoms with Crippen LogP contribution in [0.5, 0.6) is 0 Å². The van der Waals surface area contributed by atoms with Crippen LogP contribution in [0.15, 0.2) is 0 Å². The Hall–Kier alpha value is -1.37. The van der Waals surface area contributed by atoms with Gasteiger partial charge in [0, 0.05) is 32.5 Å². The minimum atomic E-state index is -1.95. The summed E-state index contributed by atoms with van der Waals surface area (Å²) in [6.45, 7) is 5.18. The summed E-state index contributed by atoms with van der Waals surface area (Å²) in [7, 11) is 1.18. The molecule has 0 saturated carbocycles. The summed E-state index contributed by atoms with van der Waals surface area (Å²) in [5, 5.41) is 3.28. The van der Waals surface area contributed by atoms with Crippen LogP contribution in [-0.4, -0.2) is 61.1 Å². The number of hydrazine groups is 1. The molecule has 122 valence electrons. The highest BCUT2D eigenvalue weighted by Crippen LogP contribution is 2.28. The second-order valence-corrected chi connectivity index (χ2v) is 5.09. The van der Waals surface area contributed by atoms with Crippen molar-refractivity contribution in [3.63, 3.8) is 0 Å². The summed E-state index contributed by atoms with van der Waals surface area (Å²) in [5.74, 6) is -0.835. The maximum absolute atomic E-state index is 14.4. The molecule has 1 fully saturated rings. The van der Waals surface area contributed by atoms with E-state index in [9.17, 15) is 14.0 Å². The molecule has 6 nitrogen and oxygen atoms in total. The van der Waals surface area contributed by atoms with Gasteiger partial charge in [-0.05, 0) is 13.3 Å². The molecule has 1 amide bonds. The van der Waals surface area contributed by atoms with Crippen molar-refractivity contribution >= 4 is 12.1 Å². The fraction of sp³-hybridized carbons (Fsp3) is 0.857. The summed E-state index contributed by atoms with van der Waals surface area (Å²) in [5.41, 5.74) is -1.95. The average molecular weight is 304 g/mol. The average Bonchev–Trinajstić information content (AvgIpc) is 2.49. The fourth-order valence-electron chi connectivity index (χ4n) is 2.33. The lowest BCUT2D eigenvalue weighted by molar-refractivity contribution is -0.161. The normalized spacial score (nSPS) is 18.1. The number of ether oxygens (including phenoxy) is 2. The number of amides is 1. The number of alkyl halides is 1. The molecule has 0 aromatic carbocycles. The molecule has 1 heterocycles. The molecule has 0 atom stereocenters. The van der Waals surface area contributed by atoms with E-state index in [1.54, 1.807) is 11.9 Å².